The van der Waals surface area contributed by atoms with Crippen LogP contribution in [-0.4, -0.2) is 11.5 Å². The van der Waals surface area contributed by atoms with Gasteiger partial charge in [-0.3, -0.25) is 0 Å². The summed E-state index contributed by atoms with van der Waals surface area (Å²) in [6.07, 6.45) is 2.38. The lowest BCUT2D eigenvalue weighted by Crippen LogP contribution is -2.07. The summed E-state index contributed by atoms with van der Waals surface area (Å²) in [6.45, 7) is 2.98. The Morgan fingerprint density at radius 2 is 2.19 bits per heavy atom. The van der Waals surface area contributed by atoms with Gasteiger partial charge in [0.05, 0.1) is 0 Å². The molecule has 0 amide bonds. The third-order valence-electron chi connectivity index (χ3n) is 3.05. The van der Waals surface area contributed by atoms with Gasteiger partial charge in [0.15, 0.2) is 0 Å². The summed E-state index contributed by atoms with van der Waals surface area (Å²) in [5.41, 5.74) is 9.11. The van der Waals surface area contributed by atoms with Crippen LogP contribution in [0.15, 0.2) is 34.9 Å². The molecule has 0 unspecified atom stereocenters. The molecule has 0 aliphatic carbocycles. The molecule has 1 aromatic heterocycles. The number of aryl methyl sites for hydroxylation is 1. The molecule has 0 aliphatic rings. The van der Waals surface area contributed by atoms with Gasteiger partial charge >= 0.3 is 0 Å². The highest BCUT2D eigenvalue weighted by Crippen LogP contribution is 2.29. The Morgan fingerprint density at radius 3 is 2.90 bits per heavy atom. The summed E-state index contributed by atoms with van der Waals surface area (Å²) >= 11 is 3.49. The molecule has 4 nitrogen and oxygen atoms in total. The molecule has 0 atom stereocenters. The molecule has 2 aromatic rings. The van der Waals surface area contributed by atoms with Crippen molar-refractivity contribution in [2.75, 3.05) is 6.54 Å². The van der Waals surface area contributed by atoms with E-state index in [0.29, 0.717) is 18.8 Å². The normalized spacial score (nSPS) is 10.2. The number of nitrogens with zero attached hydrogens (tertiary/aromatic N) is 2. The molecule has 0 fully saturated rings. The summed E-state index contributed by atoms with van der Waals surface area (Å²) in [6, 6.07) is 9.65. The predicted molar refractivity (Wildman–Crippen MR) is 84.9 cm³/mol. The predicted octanol–water partition coefficient (Wildman–Crippen LogP) is 3.10. The van der Waals surface area contributed by atoms with Crippen LogP contribution in [0.1, 0.15) is 22.4 Å². The lowest BCUT2D eigenvalue weighted by molar-refractivity contribution is 0.300. The largest absolute Gasteiger partial charge is 0.488 e. The van der Waals surface area contributed by atoms with E-state index in [4.69, 9.17) is 15.7 Å². The zero-order valence-corrected chi connectivity index (χ0v) is 13.4. The Labute approximate surface area is 132 Å². The van der Waals surface area contributed by atoms with E-state index in [1.807, 2.05) is 31.2 Å². The van der Waals surface area contributed by atoms with Gasteiger partial charge in [-0.2, -0.15) is 5.26 Å². The molecular weight excluding hydrogens is 330 g/mol. The van der Waals surface area contributed by atoms with Crippen LogP contribution in [-0.2, 0) is 13.0 Å². The smallest absolute Gasteiger partial charge is 0.140 e. The topological polar surface area (TPSA) is 71.9 Å². The van der Waals surface area contributed by atoms with Gasteiger partial charge in [0, 0.05) is 10.7 Å². The summed E-state index contributed by atoms with van der Waals surface area (Å²) < 4.78 is 6.97. The van der Waals surface area contributed by atoms with Gasteiger partial charge in [-0.25, -0.2) is 4.98 Å². The maximum Gasteiger partial charge on any atom is 0.140 e. The molecule has 0 radical (unpaired) electrons. The number of halogens is 1. The monoisotopic (exact) mass is 345 g/mol. The molecule has 0 saturated carbocycles. The Balaban J connectivity index is 2.21. The second-order valence-electron chi connectivity index (χ2n) is 4.70. The maximum absolute atomic E-state index is 8.86. The first-order valence-electron chi connectivity index (χ1n) is 6.61. The number of hydrogen-bond donors (Lipinski definition) is 1. The fourth-order valence-electron chi connectivity index (χ4n) is 2.13. The van der Waals surface area contributed by atoms with Crippen LogP contribution in [0.5, 0.6) is 5.75 Å². The number of nitrogens with two attached hydrogens (primary N) is 1. The van der Waals surface area contributed by atoms with Crippen molar-refractivity contribution in [2.45, 2.75) is 20.0 Å². The van der Waals surface area contributed by atoms with Gasteiger partial charge in [0.2, 0.25) is 0 Å². The molecule has 2 rings (SSSR count). The lowest BCUT2D eigenvalue weighted by Gasteiger charge is -2.15. The van der Waals surface area contributed by atoms with Gasteiger partial charge in [0.25, 0.3) is 0 Å². The van der Waals surface area contributed by atoms with Gasteiger partial charge in [-0.1, -0.05) is 15.9 Å². The van der Waals surface area contributed by atoms with E-state index < -0.39 is 0 Å². The minimum Gasteiger partial charge on any atom is -0.488 e. The Bertz CT molecular complexity index is 680. The maximum atomic E-state index is 8.86. The number of pyridine rings is 1. The highest BCUT2D eigenvalue weighted by Gasteiger charge is 2.09. The van der Waals surface area contributed by atoms with Crippen molar-refractivity contribution in [3.63, 3.8) is 0 Å². The first-order valence-corrected chi connectivity index (χ1v) is 7.40. The molecular formula is C16H16BrN3O. The van der Waals surface area contributed by atoms with Crippen molar-refractivity contribution in [3.05, 3.63) is 57.3 Å². The van der Waals surface area contributed by atoms with Crippen molar-refractivity contribution in [1.29, 1.82) is 5.26 Å². The summed E-state index contributed by atoms with van der Waals surface area (Å²) in [4.78, 5) is 3.95. The van der Waals surface area contributed by atoms with Crippen LogP contribution in [0, 0.1) is 18.3 Å². The Hall–Kier alpha value is -1.90. The SMILES string of the molecule is Cc1cc(Br)cc(CCN)c1OCc1ccnc(C#N)c1. The quantitative estimate of drug-likeness (QED) is 0.903. The molecule has 0 bridgehead atoms. The molecule has 21 heavy (non-hydrogen) atoms. The number of rotatable bonds is 5. The van der Waals surface area contributed by atoms with Crippen LogP contribution in [0.25, 0.3) is 0 Å². The third kappa shape index (κ3) is 4.03. The van der Waals surface area contributed by atoms with Gasteiger partial charge < -0.3 is 10.5 Å². The molecule has 1 heterocycles. The lowest BCUT2D eigenvalue weighted by atomic mass is 10.1. The molecule has 0 aliphatic heterocycles. The van der Waals surface area contributed by atoms with Crippen LogP contribution in [0.4, 0.5) is 0 Å². The second-order valence-corrected chi connectivity index (χ2v) is 5.62. The first-order chi connectivity index (χ1) is 10.1. The van der Waals surface area contributed by atoms with Crippen LogP contribution in [0.2, 0.25) is 0 Å². The Kier molecular flexibility index (Phi) is 5.32. The van der Waals surface area contributed by atoms with E-state index >= 15 is 0 Å². The van der Waals surface area contributed by atoms with E-state index in [-0.39, 0.29) is 0 Å². The highest BCUT2D eigenvalue weighted by atomic mass is 79.9. The minimum atomic E-state index is 0.394. The molecule has 1 aromatic carbocycles. The van der Waals surface area contributed by atoms with Crippen molar-refractivity contribution in [1.82, 2.24) is 4.98 Å². The number of nitriles is 1. The number of ether oxygens (including phenoxy) is 1. The van der Waals surface area contributed by atoms with E-state index in [1.165, 1.54) is 0 Å². The van der Waals surface area contributed by atoms with E-state index in [1.54, 1.807) is 12.3 Å². The standard InChI is InChI=1S/C16H16BrN3O/c1-11-6-14(17)8-13(2-4-18)16(11)21-10-12-3-5-20-15(7-12)9-19/h3,5-8H,2,4,10,18H2,1H3. The second kappa shape index (κ2) is 7.21. The molecule has 108 valence electrons. The Morgan fingerprint density at radius 1 is 1.38 bits per heavy atom. The summed E-state index contributed by atoms with van der Waals surface area (Å²) in [5.74, 6) is 0.860. The van der Waals surface area contributed by atoms with Crippen LogP contribution in [0.3, 0.4) is 0 Å². The summed E-state index contributed by atoms with van der Waals surface area (Å²) in [7, 11) is 0. The molecule has 2 N–H and O–H groups in total. The van der Waals surface area contributed by atoms with Gasteiger partial charge in [0.1, 0.15) is 24.1 Å². The number of aromatic nitrogens is 1. The average molecular weight is 346 g/mol. The zero-order valence-electron chi connectivity index (χ0n) is 11.8. The fraction of sp³-hybridized carbons (Fsp3) is 0.250. The van der Waals surface area contributed by atoms with Crippen LogP contribution < -0.4 is 10.5 Å². The molecule has 0 spiro atoms. The first kappa shape index (κ1) is 15.5. The van der Waals surface area contributed by atoms with E-state index in [9.17, 15) is 0 Å². The number of hydrogen-bond acceptors (Lipinski definition) is 4. The average Bonchev–Trinajstić information content (AvgIpc) is 2.47. The van der Waals surface area contributed by atoms with Gasteiger partial charge in [-0.05, 0) is 60.8 Å². The van der Waals surface area contributed by atoms with Gasteiger partial charge in [-0.15, -0.1) is 0 Å². The summed E-state index contributed by atoms with van der Waals surface area (Å²) in [5, 5.41) is 8.86. The van der Waals surface area contributed by atoms with Crippen LogP contribution >= 0.6 is 15.9 Å². The van der Waals surface area contributed by atoms with Crippen molar-refractivity contribution in [2.24, 2.45) is 5.73 Å². The minimum absolute atomic E-state index is 0.394. The van der Waals surface area contributed by atoms with Crippen molar-refractivity contribution < 1.29 is 4.74 Å². The van der Waals surface area contributed by atoms with E-state index in [0.717, 1.165) is 33.3 Å². The van der Waals surface area contributed by atoms with Crippen molar-refractivity contribution >= 4 is 15.9 Å². The number of benzene rings is 1. The highest BCUT2D eigenvalue weighted by molar-refractivity contribution is 9.10. The third-order valence-corrected chi connectivity index (χ3v) is 3.51. The molecule has 0 saturated heterocycles. The zero-order chi connectivity index (χ0) is 15.2. The fourth-order valence-corrected chi connectivity index (χ4v) is 2.75. The molecule has 5 heteroatoms. The van der Waals surface area contributed by atoms with Crippen molar-refractivity contribution in [3.8, 4) is 11.8 Å². The van der Waals surface area contributed by atoms with E-state index in [2.05, 4.69) is 20.9 Å².